The minimum absolute atomic E-state index is 0.163. The van der Waals surface area contributed by atoms with E-state index in [0.717, 1.165) is 0 Å². The van der Waals surface area contributed by atoms with Crippen molar-refractivity contribution in [2.24, 2.45) is 5.10 Å². The number of hydrogen-bond donors (Lipinski definition) is 0. The summed E-state index contributed by atoms with van der Waals surface area (Å²) < 4.78 is 11.9. The van der Waals surface area contributed by atoms with Gasteiger partial charge in [-0.1, -0.05) is 0 Å². The second-order valence-corrected chi connectivity index (χ2v) is 2.85. The molecule has 0 saturated heterocycles. The fraction of sp³-hybridized carbons (Fsp3) is 0.800. The van der Waals surface area contributed by atoms with E-state index < -0.39 is 0 Å². The Morgan fingerprint density at radius 1 is 1.50 bits per heavy atom. The molecule has 1 aliphatic heterocycles. The van der Waals surface area contributed by atoms with E-state index in [9.17, 15) is 4.39 Å². The van der Waals surface area contributed by atoms with Crippen molar-refractivity contribution in [3.63, 3.8) is 0 Å². The minimum Gasteiger partial charge on any atom is -0.213 e. The lowest BCUT2D eigenvalue weighted by molar-refractivity contribution is 0.300. The van der Waals surface area contributed by atoms with Gasteiger partial charge in [0.2, 0.25) is 0 Å². The zero-order valence-corrected chi connectivity index (χ0v) is 5.27. The van der Waals surface area contributed by atoms with Crippen molar-refractivity contribution in [1.82, 2.24) is 5.01 Å². The molecule has 0 fully saturated rings. The Balaban J connectivity index is 2.43. The first-order valence-electron chi connectivity index (χ1n) is 2.56. The molecule has 1 aliphatic rings. The molecule has 0 aromatic heterocycles. The minimum atomic E-state index is -0.350. The van der Waals surface area contributed by atoms with E-state index >= 15 is 0 Å². The first-order valence-corrected chi connectivity index (χ1v) is 2.56. The van der Waals surface area contributed by atoms with Crippen LogP contribution in [0.1, 0.15) is 20.8 Å². The van der Waals surface area contributed by atoms with Gasteiger partial charge in [0, 0.05) is 0 Å². The van der Waals surface area contributed by atoms with Gasteiger partial charge in [0.15, 0.2) is 0 Å². The van der Waals surface area contributed by atoms with Gasteiger partial charge in [0.1, 0.15) is 0 Å². The Bertz CT molecular complexity index is 134. The second-order valence-electron chi connectivity index (χ2n) is 2.85. The van der Waals surface area contributed by atoms with Gasteiger partial charge in [0.05, 0.1) is 5.54 Å². The first-order chi connectivity index (χ1) is 3.52. The fourth-order valence-corrected chi connectivity index (χ4v) is 0.487. The van der Waals surface area contributed by atoms with E-state index in [-0.39, 0.29) is 11.6 Å². The van der Waals surface area contributed by atoms with Crippen LogP contribution in [-0.4, -0.2) is 16.6 Å². The molecule has 1 rings (SSSR count). The van der Waals surface area contributed by atoms with Gasteiger partial charge in [-0.05, 0) is 20.8 Å². The lowest BCUT2D eigenvalue weighted by atomic mass is 10.1. The number of amidine groups is 1. The summed E-state index contributed by atoms with van der Waals surface area (Å²) in [6.07, 6.45) is -0.350. The predicted octanol–water partition coefficient (Wildman–Crippen LogP) is 1.34. The molecule has 46 valence electrons. The van der Waals surface area contributed by atoms with Gasteiger partial charge in [-0.2, -0.15) is 4.39 Å². The van der Waals surface area contributed by atoms with E-state index in [2.05, 4.69) is 5.10 Å². The number of hydrazone groups is 1. The van der Waals surface area contributed by atoms with Crippen LogP contribution in [0.25, 0.3) is 0 Å². The highest BCUT2D eigenvalue weighted by molar-refractivity contribution is 5.82. The van der Waals surface area contributed by atoms with Crippen LogP contribution in [0.15, 0.2) is 5.10 Å². The van der Waals surface area contributed by atoms with Crippen LogP contribution in [0.4, 0.5) is 4.39 Å². The SMILES string of the molecule is CC(C)(C)N1N=C1F. The van der Waals surface area contributed by atoms with E-state index in [1.54, 1.807) is 0 Å². The molecule has 2 nitrogen and oxygen atoms in total. The zero-order chi connectivity index (χ0) is 6.36. The lowest BCUT2D eigenvalue weighted by Crippen LogP contribution is -2.28. The van der Waals surface area contributed by atoms with Gasteiger partial charge in [0.25, 0.3) is 0 Å². The van der Waals surface area contributed by atoms with Crippen LogP contribution in [0.5, 0.6) is 0 Å². The van der Waals surface area contributed by atoms with Crippen molar-refractivity contribution in [2.45, 2.75) is 26.3 Å². The van der Waals surface area contributed by atoms with Gasteiger partial charge in [-0.25, -0.2) is 5.01 Å². The third kappa shape index (κ3) is 0.804. The van der Waals surface area contributed by atoms with Crippen LogP contribution >= 0.6 is 0 Å². The third-order valence-corrected chi connectivity index (χ3v) is 0.953. The molecule has 1 heterocycles. The average Bonchev–Trinajstić information content (AvgIpc) is 2.13. The quantitative estimate of drug-likeness (QED) is 0.436. The molecule has 0 atom stereocenters. The van der Waals surface area contributed by atoms with Gasteiger partial charge in [-0.3, -0.25) is 0 Å². The summed E-state index contributed by atoms with van der Waals surface area (Å²) in [4.78, 5) is 0. The zero-order valence-electron chi connectivity index (χ0n) is 5.27. The number of nitrogens with zero attached hydrogens (tertiary/aromatic N) is 2. The molecular formula is C5H9FN2. The Morgan fingerprint density at radius 3 is 1.88 bits per heavy atom. The molecule has 0 unspecified atom stereocenters. The van der Waals surface area contributed by atoms with Crippen molar-refractivity contribution < 1.29 is 4.39 Å². The van der Waals surface area contributed by atoms with Gasteiger partial charge >= 0.3 is 6.09 Å². The molecule has 0 radical (unpaired) electrons. The van der Waals surface area contributed by atoms with Crippen LogP contribution in [0.3, 0.4) is 0 Å². The second kappa shape index (κ2) is 1.21. The highest BCUT2D eigenvalue weighted by atomic mass is 19.1. The summed E-state index contributed by atoms with van der Waals surface area (Å²) in [6.45, 7) is 5.72. The predicted molar refractivity (Wildman–Crippen MR) is 30.1 cm³/mol. The smallest absolute Gasteiger partial charge is 0.213 e. The van der Waals surface area contributed by atoms with Crippen LogP contribution < -0.4 is 0 Å². The first kappa shape index (κ1) is 5.54. The number of hydrogen-bond acceptors (Lipinski definition) is 2. The molecule has 0 aromatic rings. The maximum Gasteiger partial charge on any atom is 0.323 e. The summed E-state index contributed by atoms with van der Waals surface area (Å²) in [7, 11) is 0. The highest BCUT2D eigenvalue weighted by Crippen LogP contribution is 2.23. The van der Waals surface area contributed by atoms with E-state index in [4.69, 9.17) is 0 Å². The number of halogens is 1. The normalized spacial score (nSPS) is 18.5. The Labute approximate surface area is 48.0 Å². The summed E-state index contributed by atoms with van der Waals surface area (Å²) in [6, 6.07) is 0. The van der Waals surface area contributed by atoms with E-state index in [1.807, 2.05) is 20.8 Å². The van der Waals surface area contributed by atoms with Crippen molar-refractivity contribution in [1.29, 1.82) is 0 Å². The Morgan fingerprint density at radius 2 is 1.88 bits per heavy atom. The van der Waals surface area contributed by atoms with Crippen LogP contribution in [0, 0.1) is 0 Å². The summed E-state index contributed by atoms with van der Waals surface area (Å²) in [5.74, 6) is 0. The molecule has 3 heteroatoms. The summed E-state index contributed by atoms with van der Waals surface area (Å²) >= 11 is 0. The average molecular weight is 116 g/mol. The topological polar surface area (TPSA) is 15.4 Å². The van der Waals surface area contributed by atoms with Crippen molar-refractivity contribution in [3.05, 3.63) is 0 Å². The van der Waals surface area contributed by atoms with Gasteiger partial charge in [-0.15, -0.1) is 5.10 Å². The lowest BCUT2D eigenvalue weighted by Gasteiger charge is -2.17. The summed E-state index contributed by atoms with van der Waals surface area (Å²) in [5, 5.41) is 4.76. The van der Waals surface area contributed by atoms with Crippen molar-refractivity contribution in [2.75, 3.05) is 0 Å². The maximum absolute atomic E-state index is 11.9. The standard InChI is InChI=1S/C5H9FN2/c1-5(2,3)8-4(6)7-8/h1-3H3. The van der Waals surface area contributed by atoms with Crippen molar-refractivity contribution >= 4 is 6.09 Å². The van der Waals surface area contributed by atoms with E-state index in [0.29, 0.717) is 0 Å². The molecular weight excluding hydrogens is 107 g/mol. The molecule has 0 N–H and O–H groups in total. The maximum atomic E-state index is 11.9. The monoisotopic (exact) mass is 116 g/mol. The fourth-order valence-electron chi connectivity index (χ4n) is 0.487. The summed E-state index contributed by atoms with van der Waals surface area (Å²) in [5.41, 5.74) is -0.163. The third-order valence-electron chi connectivity index (χ3n) is 0.953. The highest BCUT2D eigenvalue weighted by Gasteiger charge is 2.35. The Kier molecular flexibility index (Phi) is 0.840. The van der Waals surface area contributed by atoms with Crippen LogP contribution in [-0.2, 0) is 0 Å². The molecule has 0 aromatic carbocycles. The molecule has 0 aliphatic carbocycles. The van der Waals surface area contributed by atoms with Crippen LogP contribution in [0.2, 0.25) is 0 Å². The Hall–Kier alpha value is -0.600. The largest absolute Gasteiger partial charge is 0.323 e. The van der Waals surface area contributed by atoms with E-state index in [1.165, 1.54) is 5.01 Å². The molecule has 0 bridgehead atoms. The molecule has 8 heavy (non-hydrogen) atoms. The number of rotatable bonds is 0. The van der Waals surface area contributed by atoms with Crippen molar-refractivity contribution in [3.8, 4) is 0 Å². The van der Waals surface area contributed by atoms with Gasteiger partial charge < -0.3 is 0 Å². The molecule has 0 saturated carbocycles. The molecule has 0 amide bonds. The molecule has 0 spiro atoms.